The summed E-state index contributed by atoms with van der Waals surface area (Å²) in [5, 5.41) is 0. The number of allylic oxidation sites excluding steroid dienone is 1. The van der Waals surface area contributed by atoms with Crippen molar-refractivity contribution in [3.05, 3.63) is 40.0 Å². The van der Waals surface area contributed by atoms with Crippen molar-refractivity contribution in [2.75, 3.05) is 0 Å². The number of aryl methyl sites for hydroxylation is 1. The molecule has 3 rings (SSSR count). The molecule has 0 heterocycles. The lowest BCUT2D eigenvalue weighted by Crippen LogP contribution is -2.31. The van der Waals surface area contributed by atoms with Crippen LogP contribution in [0, 0.1) is 12.8 Å². The van der Waals surface area contributed by atoms with Gasteiger partial charge in [0.1, 0.15) is 0 Å². The summed E-state index contributed by atoms with van der Waals surface area (Å²) in [6, 6.07) is 4.45. The molecular weight excluding hydrogens is 244 g/mol. The van der Waals surface area contributed by atoms with Gasteiger partial charge in [-0.15, -0.1) is 0 Å². The van der Waals surface area contributed by atoms with Crippen LogP contribution in [0.25, 0.3) is 6.08 Å². The van der Waals surface area contributed by atoms with Gasteiger partial charge in [0.2, 0.25) is 0 Å². The molecule has 0 radical (unpaired) electrons. The van der Waals surface area contributed by atoms with Crippen LogP contribution in [0.5, 0.6) is 0 Å². The van der Waals surface area contributed by atoms with E-state index in [-0.39, 0.29) is 5.41 Å². The van der Waals surface area contributed by atoms with Crippen molar-refractivity contribution in [3.63, 3.8) is 0 Å². The molecule has 1 heteroatoms. The summed E-state index contributed by atoms with van der Waals surface area (Å²) in [7, 11) is 0. The number of Topliss-reactive ketones (excluding diaryl/α,β-unsaturated/α-hetero) is 1. The highest BCUT2D eigenvalue weighted by Crippen LogP contribution is 2.46. The fourth-order valence-electron chi connectivity index (χ4n) is 4.08. The van der Waals surface area contributed by atoms with Crippen LogP contribution in [0.4, 0.5) is 0 Å². The fourth-order valence-corrected chi connectivity index (χ4v) is 4.08. The molecule has 1 unspecified atom stereocenters. The lowest BCUT2D eigenvalue weighted by molar-refractivity contribution is -0.117. The SMILES string of the molecule is Cc1ccc2c3c1CCCC3(C)CC(=O)C(C(C)C)=C2. The second kappa shape index (κ2) is 4.58. The number of carbonyl (C=O) groups is 1. The lowest BCUT2D eigenvalue weighted by Gasteiger charge is -2.37. The Morgan fingerprint density at radius 1 is 1.25 bits per heavy atom. The van der Waals surface area contributed by atoms with Gasteiger partial charge in [-0.2, -0.15) is 0 Å². The number of hydrogen-bond acceptors (Lipinski definition) is 1. The summed E-state index contributed by atoms with van der Waals surface area (Å²) in [5.41, 5.74) is 6.70. The molecule has 0 bridgehead atoms. The summed E-state index contributed by atoms with van der Waals surface area (Å²) < 4.78 is 0. The molecule has 0 aliphatic heterocycles. The van der Waals surface area contributed by atoms with Crippen molar-refractivity contribution >= 4 is 11.9 Å². The van der Waals surface area contributed by atoms with E-state index >= 15 is 0 Å². The van der Waals surface area contributed by atoms with E-state index in [1.165, 1.54) is 35.1 Å². The van der Waals surface area contributed by atoms with E-state index in [1.54, 1.807) is 0 Å². The van der Waals surface area contributed by atoms with E-state index in [0.717, 1.165) is 12.0 Å². The third kappa shape index (κ3) is 1.95. The fraction of sp³-hybridized carbons (Fsp3) is 0.526. The topological polar surface area (TPSA) is 17.1 Å². The van der Waals surface area contributed by atoms with Crippen molar-refractivity contribution in [2.45, 2.75) is 58.8 Å². The second-order valence-corrected chi connectivity index (χ2v) is 7.09. The third-order valence-corrected chi connectivity index (χ3v) is 5.14. The third-order valence-electron chi connectivity index (χ3n) is 5.14. The zero-order valence-corrected chi connectivity index (χ0v) is 13.0. The molecule has 1 aromatic rings. The van der Waals surface area contributed by atoms with Crippen molar-refractivity contribution in [3.8, 4) is 0 Å². The number of benzene rings is 1. The molecule has 0 saturated heterocycles. The van der Waals surface area contributed by atoms with Gasteiger partial charge < -0.3 is 0 Å². The van der Waals surface area contributed by atoms with Gasteiger partial charge in [-0.1, -0.05) is 32.9 Å². The van der Waals surface area contributed by atoms with E-state index < -0.39 is 0 Å². The Bertz CT molecular complexity index is 606. The maximum absolute atomic E-state index is 12.7. The maximum Gasteiger partial charge on any atom is 0.160 e. The second-order valence-electron chi connectivity index (χ2n) is 7.09. The monoisotopic (exact) mass is 268 g/mol. The number of carbonyl (C=O) groups excluding carboxylic acids is 1. The van der Waals surface area contributed by atoms with Crippen molar-refractivity contribution in [1.82, 2.24) is 0 Å². The summed E-state index contributed by atoms with van der Waals surface area (Å²) in [6.45, 7) is 8.76. The lowest BCUT2D eigenvalue weighted by atomic mass is 9.67. The highest BCUT2D eigenvalue weighted by molar-refractivity contribution is 6.02. The molecule has 0 N–H and O–H groups in total. The smallest absolute Gasteiger partial charge is 0.160 e. The molecule has 1 nitrogen and oxygen atoms in total. The molecule has 0 spiro atoms. The van der Waals surface area contributed by atoms with E-state index in [0.29, 0.717) is 18.1 Å². The minimum atomic E-state index is 0.0408. The largest absolute Gasteiger partial charge is 0.295 e. The normalized spacial score (nSPS) is 25.2. The van der Waals surface area contributed by atoms with Crippen LogP contribution < -0.4 is 0 Å². The number of rotatable bonds is 1. The van der Waals surface area contributed by atoms with Gasteiger partial charge in [-0.3, -0.25) is 4.79 Å². The molecule has 2 aliphatic rings. The summed E-state index contributed by atoms with van der Waals surface area (Å²) >= 11 is 0. The highest BCUT2D eigenvalue weighted by atomic mass is 16.1. The van der Waals surface area contributed by atoms with Gasteiger partial charge in [0, 0.05) is 11.8 Å². The Morgan fingerprint density at radius 3 is 2.70 bits per heavy atom. The molecule has 1 aromatic carbocycles. The van der Waals surface area contributed by atoms with Crippen LogP contribution >= 0.6 is 0 Å². The van der Waals surface area contributed by atoms with Crippen molar-refractivity contribution in [2.24, 2.45) is 5.92 Å². The van der Waals surface area contributed by atoms with Gasteiger partial charge in [0.25, 0.3) is 0 Å². The first-order chi connectivity index (χ1) is 9.42. The predicted octanol–water partition coefficient (Wildman–Crippen LogP) is 4.60. The van der Waals surface area contributed by atoms with Crippen LogP contribution in [0.1, 0.15) is 62.3 Å². The molecule has 0 saturated carbocycles. The van der Waals surface area contributed by atoms with Gasteiger partial charge in [-0.25, -0.2) is 0 Å². The minimum Gasteiger partial charge on any atom is -0.295 e. The number of ketones is 1. The predicted molar refractivity (Wildman–Crippen MR) is 83.9 cm³/mol. The van der Waals surface area contributed by atoms with Crippen LogP contribution in [-0.2, 0) is 16.6 Å². The Balaban J connectivity index is 2.28. The average molecular weight is 268 g/mol. The molecule has 0 fully saturated rings. The van der Waals surface area contributed by atoms with Crippen molar-refractivity contribution in [1.29, 1.82) is 0 Å². The maximum atomic E-state index is 12.7. The van der Waals surface area contributed by atoms with E-state index in [2.05, 4.69) is 45.9 Å². The van der Waals surface area contributed by atoms with Gasteiger partial charge >= 0.3 is 0 Å². The van der Waals surface area contributed by atoms with E-state index in [4.69, 9.17) is 0 Å². The molecule has 1 atom stereocenters. The Hall–Kier alpha value is -1.37. The van der Waals surface area contributed by atoms with Gasteiger partial charge in [0.05, 0.1) is 0 Å². The Kier molecular flexibility index (Phi) is 3.12. The Labute approximate surface area is 122 Å². The van der Waals surface area contributed by atoms with Crippen LogP contribution in [0.15, 0.2) is 17.7 Å². The average Bonchev–Trinajstić information content (AvgIpc) is 2.48. The minimum absolute atomic E-state index is 0.0408. The zero-order chi connectivity index (χ0) is 14.5. The van der Waals surface area contributed by atoms with Crippen LogP contribution in [0.2, 0.25) is 0 Å². The first-order valence-electron chi connectivity index (χ1n) is 7.80. The summed E-state index contributed by atoms with van der Waals surface area (Å²) in [5.74, 6) is 0.660. The Morgan fingerprint density at radius 2 is 2.00 bits per heavy atom. The van der Waals surface area contributed by atoms with Gasteiger partial charge in [0.15, 0.2) is 5.78 Å². The van der Waals surface area contributed by atoms with Crippen LogP contribution in [-0.4, -0.2) is 5.78 Å². The molecular formula is C19H24O. The summed E-state index contributed by atoms with van der Waals surface area (Å²) in [6.07, 6.45) is 6.37. The number of hydrogen-bond donors (Lipinski definition) is 0. The quantitative estimate of drug-likeness (QED) is 0.727. The molecule has 106 valence electrons. The molecule has 2 aliphatic carbocycles. The van der Waals surface area contributed by atoms with Crippen molar-refractivity contribution < 1.29 is 4.79 Å². The zero-order valence-electron chi connectivity index (χ0n) is 13.0. The molecule has 0 amide bonds. The van der Waals surface area contributed by atoms with E-state index in [9.17, 15) is 4.79 Å². The molecule has 0 aromatic heterocycles. The van der Waals surface area contributed by atoms with E-state index in [1.807, 2.05) is 0 Å². The summed E-state index contributed by atoms with van der Waals surface area (Å²) in [4.78, 5) is 12.7. The first-order valence-corrected chi connectivity index (χ1v) is 7.80. The highest BCUT2D eigenvalue weighted by Gasteiger charge is 2.39. The van der Waals surface area contributed by atoms with Gasteiger partial charge in [-0.05, 0) is 66.0 Å². The molecule has 20 heavy (non-hydrogen) atoms. The first kappa shape index (κ1) is 13.6. The van der Waals surface area contributed by atoms with Crippen LogP contribution in [0.3, 0.4) is 0 Å². The standard InChI is InChI=1S/C19H24O/c1-12(2)16-10-14-8-7-13(3)15-6-5-9-19(4,18(14)15)11-17(16)20/h7-8,10,12H,5-6,9,11H2,1-4H3.